The fourth-order valence-corrected chi connectivity index (χ4v) is 3.12. The highest BCUT2D eigenvalue weighted by Gasteiger charge is 2.21. The number of piperidine rings is 1. The van der Waals surface area contributed by atoms with Crippen molar-refractivity contribution in [2.75, 3.05) is 26.2 Å². The number of guanidine groups is 1. The summed E-state index contributed by atoms with van der Waals surface area (Å²) in [5, 5.41) is 6.73. The summed E-state index contributed by atoms with van der Waals surface area (Å²) in [6, 6.07) is 7.23. The third-order valence-corrected chi connectivity index (χ3v) is 4.49. The van der Waals surface area contributed by atoms with Crippen LogP contribution in [0.4, 0.5) is 4.39 Å². The average Bonchev–Trinajstić information content (AvgIpc) is 2.57. The second-order valence-electron chi connectivity index (χ2n) is 6.80. The second kappa shape index (κ2) is 11.7. The Morgan fingerprint density at radius 1 is 1.36 bits per heavy atom. The van der Waals surface area contributed by atoms with Crippen molar-refractivity contribution in [2.45, 2.75) is 46.2 Å². The van der Waals surface area contributed by atoms with Gasteiger partial charge in [-0.3, -0.25) is 0 Å². The fourth-order valence-electron chi connectivity index (χ4n) is 3.12. The van der Waals surface area contributed by atoms with Gasteiger partial charge < -0.3 is 15.5 Å². The first-order valence-electron chi connectivity index (χ1n) is 9.09. The molecular formula is C19H32FIN4. The molecule has 0 radical (unpaired) electrons. The van der Waals surface area contributed by atoms with Crippen LogP contribution in [0.1, 0.15) is 39.2 Å². The number of halogens is 2. The smallest absolute Gasteiger partial charge is 0.191 e. The zero-order valence-corrected chi connectivity index (χ0v) is 17.9. The lowest BCUT2D eigenvalue weighted by Gasteiger charge is -2.35. The maximum atomic E-state index is 13.2. The topological polar surface area (TPSA) is 39.7 Å². The number of hydrogen-bond acceptors (Lipinski definition) is 2. The van der Waals surface area contributed by atoms with E-state index in [4.69, 9.17) is 0 Å². The molecule has 1 aliphatic rings. The Balaban J connectivity index is 0.00000312. The highest BCUT2D eigenvalue weighted by molar-refractivity contribution is 14.0. The van der Waals surface area contributed by atoms with E-state index in [1.807, 2.05) is 6.07 Å². The van der Waals surface area contributed by atoms with E-state index in [2.05, 4.69) is 41.3 Å². The van der Waals surface area contributed by atoms with E-state index in [-0.39, 0.29) is 29.8 Å². The van der Waals surface area contributed by atoms with Crippen molar-refractivity contribution < 1.29 is 4.39 Å². The van der Waals surface area contributed by atoms with Gasteiger partial charge in [0.25, 0.3) is 0 Å². The maximum absolute atomic E-state index is 13.2. The van der Waals surface area contributed by atoms with Crippen LogP contribution in [0.5, 0.6) is 0 Å². The van der Waals surface area contributed by atoms with Crippen LogP contribution in [-0.4, -0.2) is 43.1 Å². The lowest BCUT2D eigenvalue weighted by Crippen LogP contribution is -2.46. The Labute approximate surface area is 168 Å². The molecule has 0 aromatic heterocycles. The van der Waals surface area contributed by atoms with Gasteiger partial charge in [-0.1, -0.05) is 12.1 Å². The molecule has 0 saturated carbocycles. The maximum Gasteiger partial charge on any atom is 0.191 e. The molecule has 142 valence electrons. The predicted molar refractivity (Wildman–Crippen MR) is 114 cm³/mol. The van der Waals surface area contributed by atoms with Crippen LogP contribution in [0, 0.1) is 11.7 Å². The van der Waals surface area contributed by atoms with Gasteiger partial charge in [0, 0.05) is 25.7 Å². The summed E-state index contributed by atoms with van der Waals surface area (Å²) < 4.78 is 13.2. The molecule has 4 nitrogen and oxygen atoms in total. The van der Waals surface area contributed by atoms with Gasteiger partial charge in [0.05, 0.1) is 6.54 Å². The first-order chi connectivity index (χ1) is 11.6. The second-order valence-corrected chi connectivity index (χ2v) is 6.80. The van der Waals surface area contributed by atoms with Crippen molar-refractivity contribution in [3.8, 4) is 0 Å². The van der Waals surface area contributed by atoms with Crippen LogP contribution in [0.3, 0.4) is 0 Å². The van der Waals surface area contributed by atoms with Crippen LogP contribution in [0.25, 0.3) is 0 Å². The van der Waals surface area contributed by atoms with E-state index < -0.39 is 0 Å². The first kappa shape index (κ1) is 22.2. The predicted octanol–water partition coefficient (Wildman–Crippen LogP) is 3.62. The SMILES string of the molecule is CCNC(=NCc1cccc(F)c1)NCC1CCCN(C(C)C)C1.I. The summed E-state index contributed by atoms with van der Waals surface area (Å²) in [5.74, 6) is 1.25. The zero-order chi connectivity index (χ0) is 17.4. The Morgan fingerprint density at radius 2 is 2.16 bits per heavy atom. The summed E-state index contributed by atoms with van der Waals surface area (Å²) >= 11 is 0. The van der Waals surface area contributed by atoms with Gasteiger partial charge in [0.1, 0.15) is 5.82 Å². The summed E-state index contributed by atoms with van der Waals surface area (Å²) in [6.45, 7) is 11.2. The Bertz CT molecular complexity index is 536. The van der Waals surface area contributed by atoms with Gasteiger partial charge in [-0.25, -0.2) is 9.38 Å². The highest BCUT2D eigenvalue weighted by atomic mass is 127. The van der Waals surface area contributed by atoms with Crippen molar-refractivity contribution in [3.63, 3.8) is 0 Å². The van der Waals surface area contributed by atoms with Crippen LogP contribution < -0.4 is 10.6 Å². The molecular weight excluding hydrogens is 430 g/mol. The minimum absolute atomic E-state index is 0. The van der Waals surface area contributed by atoms with E-state index in [0.29, 0.717) is 18.5 Å². The first-order valence-corrected chi connectivity index (χ1v) is 9.09. The van der Waals surface area contributed by atoms with Gasteiger partial charge in [0.2, 0.25) is 0 Å². The number of nitrogens with zero attached hydrogens (tertiary/aromatic N) is 2. The van der Waals surface area contributed by atoms with Gasteiger partial charge in [0.15, 0.2) is 5.96 Å². The molecule has 1 aromatic rings. The van der Waals surface area contributed by atoms with Crippen LogP contribution in [-0.2, 0) is 6.54 Å². The minimum Gasteiger partial charge on any atom is -0.357 e. The summed E-state index contributed by atoms with van der Waals surface area (Å²) in [5.41, 5.74) is 0.885. The third kappa shape index (κ3) is 7.90. The average molecular weight is 462 g/mol. The molecule has 0 aliphatic carbocycles. The van der Waals surface area contributed by atoms with Gasteiger partial charge in [-0.2, -0.15) is 0 Å². The molecule has 1 unspecified atom stereocenters. The van der Waals surface area contributed by atoms with E-state index in [9.17, 15) is 4.39 Å². The molecule has 0 amide bonds. The molecule has 0 spiro atoms. The van der Waals surface area contributed by atoms with Crippen molar-refractivity contribution in [2.24, 2.45) is 10.9 Å². The van der Waals surface area contributed by atoms with Crippen molar-refractivity contribution in [3.05, 3.63) is 35.6 Å². The summed E-state index contributed by atoms with van der Waals surface area (Å²) in [4.78, 5) is 7.13. The number of rotatable bonds is 6. The number of aliphatic imine (C=N–C) groups is 1. The van der Waals surface area contributed by atoms with Crippen molar-refractivity contribution in [1.82, 2.24) is 15.5 Å². The van der Waals surface area contributed by atoms with Gasteiger partial charge in [-0.05, 0) is 63.8 Å². The molecule has 1 atom stereocenters. The monoisotopic (exact) mass is 462 g/mol. The van der Waals surface area contributed by atoms with Crippen LogP contribution >= 0.6 is 24.0 Å². The Kier molecular flexibility index (Phi) is 10.3. The molecule has 2 N–H and O–H groups in total. The molecule has 1 aliphatic heterocycles. The quantitative estimate of drug-likeness (QED) is 0.386. The van der Waals surface area contributed by atoms with Crippen LogP contribution in [0.15, 0.2) is 29.3 Å². The highest BCUT2D eigenvalue weighted by Crippen LogP contribution is 2.17. The normalized spacial score (nSPS) is 18.8. The largest absolute Gasteiger partial charge is 0.357 e. The Hall–Kier alpha value is -0.890. The lowest BCUT2D eigenvalue weighted by molar-refractivity contribution is 0.141. The van der Waals surface area contributed by atoms with E-state index in [1.165, 1.54) is 31.5 Å². The number of benzene rings is 1. The van der Waals surface area contributed by atoms with Crippen molar-refractivity contribution >= 4 is 29.9 Å². The number of hydrogen-bond donors (Lipinski definition) is 2. The van der Waals surface area contributed by atoms with Crippen molar-refractivity contribution in [1.29, 1.82) is 0 Å². The molecule has 1 fully saturated rings. The van der Waals surface area contributed by atoms with E-state index in [1.54, 1.807) is 6.07 Å². The Morgan fingerprint density at radius 3 is 2.84 bits per heavy atom. The van der Waals surface area contributed by atoms with E-state index in [0.717, 1.165) is 31.2 Å². The van der Waals surface area contributed by atoms with E-state index >= 15 is 0 Å². The number of nitrogens with one attached hydrogen (secondary N) is 2. The number of likely N-dealkylation sites (tertiary alicyclic amines) is 1. The lowest BCUT2D eigenvalue weighted by atomic mass is 9.97. The molecule has 2 rings (SSSR count). The molecule has 1 saturated heterocycles. The molecule has 25 heavy (non-hydrogen) atoms. The summed E-state index contributed by atoms with van der Waals surface area (Å²) in [7, 11) is 0. The van der Waals surface area contributed by atoms with Gasteiger partial charge in [-0.15, -0.1) is 24.0 Å². The molecule has 6 heteroatoms. The molecule has 1 aromatic carbocycles. The minimum atomic E-state index is -0.211. The molecule has 0 bridgehead atoms. The standard InChI is InChI=1S/C19H31FN4.HI/c1-4-21-19(22-12-16-7-5-9-18(20)11-16)23-13-17-8-6-10-24(14-17)15(2)3;/h5,7,9,11,15,17H,4,6,8,10,12-14H2,1-3H3,(H2,21,22,23);1H. The molecule has 1 heterocycles. The summed E-state index contributed by atoms with van der Waals surface area (Å²) in [6.07, 6.45) is 2.53. The fraction of sp³-hybridized carbons (Fsp3) is 0.632. The zero-order valence-electron chi connectivity index (χ0n) is 15.6. The van der Waals surface area contributed by atoms with Gasteiger partial charge >= 0.3 is 0 Å². The third-order valence-electron chi connectivity index (χ3n) is 4.49. The van der Waals surface area contributed by atoms with Crippen LogP contribution in [0.2, 0.25) is 0 Å².